The third kappa shape index (κ3) is 5.81. The molecule has 31 heavy (non-hydrogen) atoms. The highest BCUT2D eigenvalue weighted by Gasteiger charge is 2.28. The molecule has 0 bridgehead atoms. The summed E-state index contributed by atoms with van der Waals surface area (Å²) >= 11 is 0. The van der Waals surface area contributed by atoms with Gasteiger partial charge in [-0.05, 0) is 62.9 Å². The van der Waals surface area contributed by atoms with Gasteiger partial charge in [-0.3, -0.25) is 4.79 Å². The molecule has 0 spiro atoms. The highest BCUT2D eigenvalue weighted by molar-refractivity contribution is 7.89. The average Bonchev–Trinajstić information content (AvgIpc) is 2.68. The number of nitrogens with one attached hydrogen (secondary N) is 2. The molecule has 1 unspecified atom stereocenters. The Kier molecular flexibility index (Phi) is 6.93. The minimum Gasteiger partial charge on any atom is -0.325 e. The Bertz CT molecular complexity index is 1150. The van der Waals surface area contributed by atoms with Crippen molar-refractivity contribution in [3.63, 3.8) is 0 Å². The molecule has 0 radical (unpaired) electrons. The van der Waals surface area contributed by atoms with E-state index in [1.165, 1.54) is 0 Å². The van der Waals surface area contributed by atoms with Gasteiger partial charge >= 0.3 is 0 Å². The van der Waals surface area contributed by atoms with Gasteiger partial charge in [0.2, 0.25) is 15.9 Å². The number of carbonyl (C=O) groups excluding carboxylic acids is 1. The maximum atomic E-state index is 13.3. The Balaban J connectivity index is 1.92. The predicted octanol–water partition coefficient (Wildman–Crippen LogP) is 4.45. The molecule has 5 nitrogen and oxygen atoms in total. The summed E-state index contributed by atoms with van der Waals surface area (Å²) in [7, 11) is -3.91. The maximum absolute atomic E-state index is 13.3. The Morgan fingerprint density at radius 1 is 0.839 bits per heavy atom. The topological polar surface area (TPSA) is 75.3 Å². The lowest BCUT2D eigenvalue weighted by atomic mass is 10.1. The summed E-state index contributed by atoms with van der Waals surface area (Å²) in [4.78, 5) is 13.3. The first kappa shape index (κ1) is 22.7. The predicted molar refractivity (Wildman–Crippen MR) is 125 cm³/mol. The van der Waals surface area contributed by atoms with Crippen LogP contribution in [-0.4, -0.2) is 20.4 Å². The third-order valence-electron chi connectivity index (χ3n) is 5.09. The molecule has 1 amide bonds. The molecular formula is C25H28N2O3S. The van der Waals surface area contributed by atoms with Crippen LogP contribution in [0.2, 0.25) is 0 Å². The van der Waals surface area contributed by atoms with Crippen molar-refractivity contribution in [3.8, 4) is 0 Å². The molecule has 3 aromatic rings. The summed E-state index contributed by atoms with van der Waals surface area (Å²) in [6.45, 7) is 7.43. The Labute approximate surface area is 184 Å². The van der Waals surface area contributed by atoms with Crippen LogP contribution in [-0.2, 0) is 21.2 Å². The van der Waals surface area contributed by atoms with E-state index in [0.29, 0.717) is 16.8 Å². The fourth-order valence-electron chi connectivity index (χ4n) is 3.74. The second-order valence-corrected chi connectivity index (χ2v) is 9.60. The molecule has 1 atom stereocenters. The van der Waals surface area contributed by atoms with E-state index in [-0.39, 0.29) is 11.3 Å². The number of carbonyl (C=O) groups is 1. The smallest absolute Gasteiger partial charge is 0.242 e. The van der Waals surface area contributed by atoms with E-state index >= 15 is 0 Å². The molecular weight excluding hydrogens is 408 g/mol. The molecule has 0 saturated heterocycles. The average molecular weight is 437 g/mol. The first-order valence-electron chi connectivity index (χ1n) is 10.2. The lowest BCUT2D eigenvalue weighted by Gasteiger charge is -2.21. The normalized spacial score (nSPS) is 12.4. The monoisotopic (exact) mass is 436 g/mol. The molecule has 0 aliphatic carbocycles. The largest absolute Gasteiger partial charge is 0.325 e. The van der Waals surface area contributed by atoms with Crippen molar-refractivity contribution in [1.29, 1.82) is 0 Å². The zero-order valence-electron chi connectivity index (χ0n) is 18.3. The molecule has 0 aromatic heterocycles. The zero-order chi connectivity index (χ0) is 22.6. The van der Waals surface area contributed by atoms with Gasteiger partial charge in [0.25, 0.3) is 0 Å². The van der Waals surface area contributed by atoms with Gasteiger partial charge in [-0.1, -0.05) is 65.7 Å². The van der Waals surface area contributed by atoms with E-state index in [1.807, 2.05) is 68.4 Å². The summed E-state index contributed by atoms with van der Waals surface area (Å²) in [5.41, 5.74) is 4.86. The van der Waals surface area contributed by atoms with Crippen molar-refractivity contribution in [1.82, 2.24) is 4.72 Å². The van der Waals surface area contributed by atoms with E-state index in [0.717, 1.165) is 16.7 Å². The summed E-state index contributed by atoms with van der Waals surface area (Å²) < 4.78 is 29.2. The number of anilines is 1. The highest BCUT2D eigenvalue weighted by Crippen LogP contribution is 2.22. The first-order valence-corrected chi connectivity index (χ1v) is 11.7. The standard InChI is InChI=1S/C25H28N2O3S/c1-17-10-12-22(13-11-17)26-25(28)23(16-21-8-6-5-7-9-21)27-31(29,30)24-19(3)14-18(2)15-20(24)4/h5-15,23,27H,16H2,1-4H3,(H,26,28). The first-order chi connectivity index (χ1) is 14.7. The summed E-state index contributed by atoms with van der Waals surface area (Å²) in [6.07, 6.45) is 0.238. The van der Waals surface area contributed by atoms with Crippen molar-refractivity contribution in [2.24, 2.45) is 0 Å². The second-order valence-electron chi connectivity index (χ2n) is 7.95. The van der Waals surface area contributed by atoms with Gasteiger partial charge in [0, 0.05) is 5.69 Å². The number of benzene rings is 3. The molecule has 0 aliphatic rings. The number of hydrogen-bond donors (Lipinski definition) is 2. The van der Waals surface area contributed by atoms with Crippen molar-refractivity contribution >= 4 is 21.6 Å². The molecule has 3 aromatic carbocycles. The van der Waals surface area contributed by atoms with Crippen LogP contribution in [0.15, 0.2) is 71.6 Å². The maximum Gasteiger partial charge on any atom is 0.242 e. The van der Waals surface area contributed by atoms with Crippen LogP contribution in [0.3, 0.4) is 0 Å². The second kappa shape index (κ2) is 9.45. The number of aryl methyl sites for hydroxylation is 4. The van der Waals surface area contributed by atoms with Gasteiger partial charge in [-0.25, -0.2) is 8.42 Å². The molecule has 0 fully saturated rings. The van der Waals surface area contributed by atoms with Gasteiger partial charge < -0.3 is 5.32 Å². The van der Waals surface area contributed by atoms with E-state index in [2.05, 4.69) is 10.0 Å². The lowest BCUT2D eigenvalue weighted by Crippen LogP contribution is -2.45. The van der Waals surface area contributed by atoms with Crippen LogP contribution in [0.1, 0.15) is 27.8 Å². The molecule has 162 valence electrons. The van der Waals surface area contributed by atoms with Crippen molar-refractivity contribution < 1.29 is 13.2 Å². The Hall–Kier alpha value is -2.96. The van der Waals surface area contributed by atoms with Crippen LogP contribution < -0.4 is 10.0 Å². The molecule has 0 aliphatic heterocycles. The van der Waals surface area contributed by atoms with Gasteiger partial charge in [0.15, 0.2) is 0 Å². The minimum atomic E-state index is -3.91. The highest BCUT2D eigenvalue weighted by atomic mass is 32.2. The molecule has 0 heterocycles. The van der Waals surface area contributed by atoms with E-state index in [9.17, 15) is 13.2 Å². The molecule has 0 saturated carbocycles. The van der Waals surface area contributed by atoms with E-state index in [4.69, 9.17) is 0 Å². The van der Waals surface area contributed by atoms with Crippen LogP contribution in [0.25, 0.3) is 0 Å². The van der Waals surface area contributed by atoms with E-state index in [1.54, 1.807) is 26.0 Å². The van der Waals surface area contributed by atoms with Crippen LogP contribution in [0.4, 0.5) is 5.69 Å². The fourth-order valence-corrected chi connectivity index (χ4v) is 5.39. The number of sulfonamides is 1. The van der Waals surface area contributed by atoms with Crippen LogP contribution in [0, 0.1) is 27.7 Å². The van der Waals surface area contributed by atoms with Crippen molar-refractivity contribution in [2.75, 3.05) is 5.32 Å². The van der Waals surface area contributed by atoms with Gasteiger partial charge in [0.1, 0.15) is 6.04 Å². The Morgan fingerprint density at radius 2 is 1.42 bits per heavy atom. The van der Waals surface area contributed by atoms with Crippen LogP contribution >= 0.6 is 0 Å². The number of hydrogen-bond acceptors (Lipinski definition) is 3. The summed E-state index contributed by atoms with van der Waals surface area (Å²) in [5, 5.41) is 2.84. The van der Waals surface area contributed by atoms with Crippen molar-refractivity contribution in [2.45, 2.75) is 45.1 Å². The minimum absolute atomic E-state index is 0.222. The Morgan fingerprint density at radius 3 is 2.00 bits per heavy atom. The quantitative estimate of drug-likeness (QED) is 0.575. The molecule has 2 N–H and O–H groups in total. The number of amides is 1. The summed E-state index contributed by atoms with van der Waals surface area (Å²) in [5.74, 6) is -0.404. The van der Waals surface area contributed by atoms with Gasteiger partial charge in [-0.15, -0.1) is 0 Å². The van der Waals surface area contributed by atoms with Crippen molar-refractivity contribution in [3.05, 3.63) is 94.5 Å². The summed E-state index contributed by atoms with van der Waals surface area (Å²) in [6, 6.07) is 19.5. The zero-order valence-corrected chi connectivity index (χ0v) is 19.1. The fraction of sp³-hybridized carbons (Fsp3) is 0.240. The van der Waals surface area contributed by atoms with Gasteiger partial charge in [-0.2, -0.15) is 4.72 Å². The number of rotatable bonds is 7. The SMILES string of the molecule is Cc1ccc(NC(=O)C(Cc2ccccc2)NS(=O)(=O)c2c(C)cc(C)cc2C)cc1. The van der Waals surface area contributed by atoms with Crippen LogP contribution in [0.5, 0.6) is 0 Å². The molecule has 6 heteroatoms. The van der Waals surface area contributed by atoms with Gasteiger partial charge in [0.05, 0.1) is 4.90 Å². The van der Waals surface area contributed by atoms with E-state index < -0.39 is 22.0 Å². The lowest BCUT2D eigenvalue weighted by molar-refractivity contribution is -0.117. The third-order valence-corrected chi connectivity index (χ3v) is 6.87. The molecule has 3 rings (SSSR count).